The SMILES string of the molecule is CCCC[C@H]1C(=O)N2CCC[C@@H]2C(=O)N[C@@H](CC(=O)O)C(=O)N[C@@H](C(C)C)C(=O)N(C)[C@@H](Cc2ccccc2)C(=O)N[C@@H](CC(=O)O)C(=O)N2CCCC[C@@H]2C(=O)N[C@@H](Cc2c[nH]c3ccccc23)C(=O)N[C@@H](Cc2ccc(O)cc2)C(=O)N[C@@H](CCN)C(=O)N[C@H](C(=O)NCC(N)=O)CSCC(=O)N[C@@H](Cc2cc(F)c(F)c(F)c2)C(=O)N(C)[C@@H](Cc2ccc(F)cc2)C(=O)N1C. The number of H-pyrrole nitrogens is 1. The maximum absolute atomic E-state index is 15.6. The van der Waals surface area contributed by atoms with E-state index in [1.54, 1.807) is 67.7 Å². The van der Waals surface area contributed by atoms with Crippen LogP contribution in [0.3, 0.4) is 0 Å². The molecule has 4 heterocycles. The molecule has 1 aromatic heterocycles. The number of aromatic nitrogens is 1. The number of hydrogen-bond donors (Lipinski definition) is 15. The number of aromatic amines is 1. The summed E-state index contributed by atoms with van der Waals surface area (Å²) in [6.45, 7) is 3.24. The predicted molar refractivity (Wildman–Crippen MR) is 475 cm³/mol. The third-order valence-corrected chi connectivity index (χ3v) is 24.5. The lowest BCUT2D eigenvalue weighted by atomic mass is 9.97. The molecule has 716 valence electrons. The van der Waals surface area contributed by atoms with E-state index in [-0.39, 0.29) is 88.7 Å². The molecule has 9 rings (SSSR count). The molecule has 5 aromatic carbocycles. The van der Waals surface area contributed by atoms with Crippen LogP contribution >= 0.6 is 11.8 Å². The molecule has 42 heteroatoms. The number of nitrogens with two attached hydrogens (primary N) is 2. The number of likely N-dealkylation sites (N-methyl/N-ethyl adjacent to an activating group) is 3. The average Bonchev–Trinajstić information content (AvgIpc) is 1.77. The average molecular weight is 1870 g/mol. The topological polar surface area (TPSA) is 543 Å². The maximum atomic E-state index is 15.6. The Balaban J connectivity index is 1.13. The van der Waals surface area contributed by atoms with E-state index in [0.29, 0.717) is 57.9 Å². The summed E-state index contributed by atoms with van der Waals surface area (Å²) in [5.74, 6) is -27.6. The number of halogens is 4. The number of carbonyl (C=O) groups excluding carboxylic acids is 15. The number of amides is 15. The first-order valence-electron chi connectivity index (χ1n) is 43.6. The third-order valence-electron chi connectivity index (χ3n) is 23.5. The van der Waals surface area contributed by atoms with Gasteiger partial charge in [0.1, 0.15) is 90.1 Å². The minimum Gasteiger partial charge on any atom is -0.508 e. The second kappa shape index (κ2) is 48.6. The van der Waals surface area contributed by atoms with E-state index in [4.69, 9.17) is 11.5 Å². The number of aromatic hydroxyl groups is 1. The van der Waals surface area contributed by atoms with Gasteiger partial charge in [-0.25, -0.2) is 17.6 Å². The van der Waals surface area contributed by atoms with Crippen molar-refractivity contribution in [3.63, 3.8) is 0 Å². The number of fused-ring (bicyclic) bond motifs is 3. The molecule has 0 spiro atoms. The Bertz CT molecular complexity index is 5210. The molecular weight excluding hydrogens is 1760 g/mol. The van der Waals surface area contributed by atoms with Gasteiger partial charge in [0, 0.05) is 89.2 Å². The van der Waals surface area contributed by atoms with Crippen molar-refractivity contribution in [3.05, 3.63) is 173 Å². The fraction of sp³-hybridized carbons (Fsp3) is 0.462. The van der Waals surface area contributed by atoms with Crippen LogP contribution < -0.4 is 59.3 Å². The summed E-state index contributed by atoms with van der Waals surface area (Å²) in [4.78, 5) is 257. The summed E-state index contributed by atoms with van der Waals surface area (Å²) in [7, 11) is 3.52. The molecule has 6 aromatic rings. The summed E-state index contributed by atoms with van der Waals surface area (Å²) in [5, 5.41) is 54.6. The number of phenolic OH excluding ortho intramolecular Hbond substituents is 1. The number of carbonyl (C=O) groups is 17. The Morgan fingerprint density at radius 1 is 0.511 bits per heavy atom. The van der Waals surface area contributed by atoms with E-state index >= 15 is 51.9 Å². The Hall–Kier alpha value is -13.5. The molecule has 0 aliphatic carbocycles. The number of carboxylic acids is 2. The van der Waals surface area contributed by atoms with Gasteiger partial charge in [0.05, 0.1) is 25.1 Å². The number of aliphatic carboxylic acids is 2. The number of rotatable bonds is 23. The van der Waals surface area contributed by atoms with E-state index < -0.39 is 270 Å². The minimum atomic E-state index is -2.00. The van der Waals surface area contributed by atoms with Gasteiger partial charge in [-0.3, -0.25) is 81.5 Å². The molecule has 17 N–H and O–H groups in total. The molecule has 3 aliphatic heterocycles. The van der Waals surface area contributed by atoms with Crippen LogP contribution in [0.5, 0.6) is 5.75 Å². The zero-order chi connectivity index (χ0) is 97.2. The quantitative estimate of drug-likeness (QED) is 0.0316. The van der Waals surface area contributed by atoms with Crippen molar-refractivity contribution in [1.29, 1.82) is 0 Å². The van der Waals surface area contributed by atoms with Crippen molar-refractivity contribution in [1.82, 2.24) is 77.3 Å². The largest absolute Gasteiger partial charge is 0.508 e. The first-order valence-corrected chi connectivity index (χ1v) is 44.8. The highest BCUT2D eigenvalue weighted by Crippen LogP contribution is 2.29. The van der Waals surface area contributed by atoms with Crippen molar-refractivity contribution in [2.75, 3.05) is 58.8 Å². The van der Waals surface area contributed by atoms with Gasteiger partial charge >= 0.3 is 11.9 Å². The molecule has 133 heavy (non-hydrogen) atoms. The van der Waals surface area contributed by atoms with Crippen molar-refractivity contribution in [3.8, 4) is 5.75 Å². The van der Waals surface area contributed by atoms with Gasteiger partial charge < -0.3 is 104 Å². The minimum absolute atomic E-state index is 0.0934. The number of phenols is 1. The third kappa shape index (κ3) is 28.5. The Morgan fingerprint density at radius 3 is 1.66 bits per heavy atom. The number of nitrogens with one attached hydrogen (secondary N) is 10. The summed E-state index contributed by atoms with van der Waals surface area (Å²) >= 11 is 0.611. The molecule has 0 saturated carbocycles. The van der Waals surface area contributed by atoms with Gasteiger partial charge in [-0.15, -0.1) is 11.8 Å². The van der Waals surface area contributed by atoms with Crippen LogP contribution in [-0.4, -0.2) is 283 Å². The number of carboxylic acid groups (broad SMARTS) is 2. The maximum Gasteiger partial charge on any atom is 0.305 e. The molecule has 0 bridgehead atoms. The fourth-order valence-electron chi connectivity index (χ4n) is 16.2. The highest BCUT2D eigenvalue weighted by Gasteiger charge is 2.46. The first-order chi connectivity index (χ1) is 63.2. The van der Waals surface area contributed by atoms with Crippen LogP contribution in [-0.2, 0) is 114 Å². The number of primary amides is 1. The standard InChI is InChI=1S/C91H113F4N17O20S/c1-7-8-21-70-90(131)112-35-16-23-69(112)85(126)104-64(43-75(116)117)83(124)107-78(49(2)3)91(132)109(5)71(40-50-17-10-9-11-18-50)86(127)105-66(44-76(118)119)88(129)111-34-15-14-22-68(111)84(125)103-63(42-54-45-98-60-20-13-12-19-57(54)60)82(123)102-62(38-51-26-30-56(113)31-27-51)81(122)101-61(32-33-96)80(121)106-67(79(120)99-46-73(97)114)47-133-48-74(115)100-65(39-53-36-58(93)77(95)59(94)37-53)87(128)110(6)72(89(130)108(70)4)41-52-24-28-55(92)29-25-52/h9-13,17-20,24-31,36-37,45,49,61-72,78,98,113H,7-8,14-16,21-23,32-35,38-44,46-48,96H2,1-6H3,(H2,97,114)(H,99,120)(H,100,115)(H,101,122)(H,102,123)(H,103,125)(H,104,126)(H,105,127)(H,106,121)(H,107,124)(H,116,117)(H,118,119)/t61-,62-,63-,64-,65-,66-,67-,68+,69+,70-,71-,72-,78-/m0/s1. The van der Waals surface area contributed by atoms with Crippen molar-refractivity contribution < 1.29 is 114 Å². The van der Waals surface area contributed by atoms with Gasteiger partial charge in [0.15, 0.2) is 17.5 Å². The van der Waals surface area contributed by atoms with E-state index in [1.807, 2.05) is 0 Å². The molecule has 3 saturated heterocycles. The van der Waals surface area contributed by atoms with E-state index in [9.17, 15) is 62.5 Å². The molecule has 0 radical (unpaired) electrons. The second-order valence-corrected chi connectivity index (χ2v) is 34.5. The van der Waals surface area contributed by atoms with Gasteiger partial charge in [-0.2, -0.15) is 0 Å². The molecule has 3 aliphatic rings. The molecule has 13 atom stereocenters. The summed E-state index contributed by atoms with van der Waals surface area (Å²) in [5.41, 5.74) is 13.0. The smallest absolute Gasteiger partial charge is 0.305 e. The highest BCUT2D eigenvalue weighted by molar-refractivity contribution is 8.00. The van der Waals surface area contributed by atoms with Crippen LogP contribution in [0.4, 0.5) is 17.6 Å². The monoisotopic (exact) mass is 1870 g/mol. The summed E-state index contributed by atoms with van der Waals surface area (Å²) < 4.78 is 59.7. The summed E-state index contributed by atoms with van der Waals surface area (Å²) in [6, 6.07) is 3.77. The van der Waals surface area contributed by atoms with Crippen molar-refractivity contribution in [2.45, 2.75) is 202 Å². The van der Waals surface area contributed by atoms with Gasteiger partial charge in [0.25, 0.3) is 0 Å². The number of para-hydroxylation sites is 1. The number of nitrogens with zero attached hydrogens (tertiary/aromatic N) is 5. The lowest BCUT2D eigenvalue weighted by Gasteiger charge is -2.38. The number of hydrogen-bond acceptors (Lipinski definition) is 20. The van der Waals surface area contributed by atoms with E-state index in [2.05, 4.69) is 52.8 Å². The number of benzene rings is 5. The Kier molecular flexibility index (Phi) is 37.7. The lowest BCUT2D eigenvalue weighted by Crippen LogP contribution is -2.63. The number of piperidine rings is 1. The van der Waals surface area contributed by atoms with Gasteiger partial charge in [-0.05, 0) is 128 Å². The van der Waals surface area contributed by atoms with Crippen LogP contribution in [0.15, 0.2) is 121 Å². The molecule has 37 nitrogen and oxygen atoms in total. The molecule has 15 amide bonds. The van der Waals surface area contributed by atoms with Crippen LogP contribution in [0, 0.1) is 29.2 Å². The highest BCUT2D eigenvalue weighted by atomic mass is 32.2. The zero-order valence-corrected chi connectivity index (χ0v) is 75.1. The van der Waals surface area contributed by atoms with Crippen LogP contribution in [0.25, 0.3) is 10.9 Å². The first kappa shape index (κ1) is 103. The number of unbranched alkanes of at least 4 members (excludes halogenated alkanes) is 1. The predicted octanol–water partition coefficient (Wildman–Crippen LogP) is 1.17. The molecular formula is C91H113F4N17O20S. The lowest BCUT2D eigenvalue weighted by molar-refractivity contribution is -0.152. The fourth-order valence-corrected chi connectivity index (χ4v) is 17.1. The van der Waals surface area contributed by atoms with Gasteiger partial charge in [-0.1, -0.05) is 106 Å². The van der Waals surface area contributed by atoms with Gasteiger partial charge in [0.2, 0.25) is 88.6 Å². The van der Waals surface area contributed by atoms with Crippen LogP contribution in [0.2, 0.25) is 0 Å². The van der Waals surface area contributed by atoms with E-state index in [1.165, 1.54) is 64.3 Å². The molecule has 0 unspecified atom stereocenters. The summed E-state index contributed by atoms with van der Waals surface area (Å²) in [6.07, 6.45) is -2.44. The van der Waals surface area contributed by atoms with Crippen molar-refractivity contribution >= 4 is 123 Å². The second-order valence-electron chi connectivity index (χ2n) is 33.5. The Labute approximate surface area is 767 Å². The van der Waals surface area contributed by atoms with Crippen LogP contribution in [0.1, 0.15) is 119 Å². The number of thioether (sulfide) groups is 1. The molecule has 3 fully saturated rings. The zero-order valence-electron chi connectivity index (χ0n) is 74.3. The Morgan fingerprint density at radius 2 is 1.03 bits per heavy atom. The normalized spacial score (nSPS) is 23.6. The van der Waals surface area contributed by atoms with E-state index in [0.717, 1.165) is 43.7 Å². The van der Waals surface area contributed by atoms with Crippen molar-refractivity contribution in [2.24, 2.45) is 17.4 Å².